The Hall–Kier alpha value is -1.38. The summed E-state index contributed by atoms with van der Waals surface area (Å²) >= 11 is 0. The maximum absolute atomic E-state index is 13.3. The third-order valence-electron chi connectivity index (χ3n) is 5.70. The van der Waals surface area contributed by atoms with E-state index < -0.39 is 10.0 Å². The van der Waals surface area contributed by atoms with Crippen molar-refractivity contribution in [1.29, 1.82) is 0 Å². The molecule has 0 unspecified atom stereocenters. The summed E-state index contributed by atoms with van der Waals surface area (Å²) in [5, 5.41) is 0. The molecule has 146 valence electrons. The topological polar surface area (TPSA) is 71.9 Å². The number of rotatable bonds is 3. The van der Waals surface area contributed by atoms with Gasteiger partial charge in [-0.05, 0) is 32.6 Å². The van der Waals surface area contributed by atoms with Gasteiger partial charge in [0.05, 0.1) is 13.2 Å². The van der Waals surface area contributed by atoms with Crippen molar-refractivity contribution in [3.63, 3.8) is 0 Å². The summed E-state index contributed by atoms with van der Waals surface area (Å²) < 4.78 is 35.2. The van der Waals surface area contributed by atoms with E-state index >= 15 is 0 Å². The summed E-state index contributed by atoms with van der Waals surface area (Å²) in [6, 6.07) is 0. The van der Waals surface area contributed by atoms with Gasteiger partial charge in [0.1, 0.15) is 10.6 Å². The zero-order valence-corrected chi connectivity index (χ0v) is 16.9. The molecule has 1 aromatic rings. The third kappa shape index (κ3) is 3.30. The zero-order chi connectivity index (χ0) is 19.1. The first-order valence-corrected chi connectivity index (χ1v) is 10.7. The van der Waals surface area contributed by atoms with Crippen LogP contribution < -0.4 is 0 Å². The molecule has 0 atom stereocenters. The van der Waals surface area contributed by atoms with E-state index in [0.29, 0.717) is 67.2 Å². The zero-order valence-electron chi connectivity index (χ0n) is 16.1. The standard InChI is InChI=1S/C18H29N3O4S/c1-13-5-7-21(8-6-13)26(23,24)17-14(2)16(19(4)15(17)3)18(22)20-9-11-25-12-10-20/h13H,5-12H2,1-4H3. The van der Waals surface area contributed by atoms with Gasteiger partial charge in [0.25, 0.3) is 5.91 Å². The van der Waals surface area contributed by atoms with Crippen LogP contribution in [0.25, 0.3) is 0 Å². The van der Waals surface area contributed by atoms with Crippen molar-refractivity contribution in [2.45, 2.75) is 38.5 Å². The molecule has 2 fully saturated rings. The second-order valence-corrected chi connectivity index (χ2v) is 9.31. The molecule has 0 bridgehead atoms. The summed E-state index contributed by atoms with van der Waals surface area (Å²) in [4.78, 5) is 15.0. The monoisotopic (exact) mass is 383 g/mol. The van der Waals surface area contributed by atoms with Gasteiger partial charge in [0, 0.05) is 44.5 Å². The van der Waals surface area contributed by atoms with Gasteiger partial charge < -0.3 is 14.2 Å². The van der Waals surface area contributed by atoms with Gasteiger partial charge in [-0.1, -0.05) is 6.92 Å². The average molecular weight is 384 g/mol. The molecule has 0 saturated carbocycles. The molecule has 0 aliphatic carbocycles. The number of amides is 1. The number of aromatic nitrogens is 1. The van der Waals surface area contributed by atoms with Crippen LogP contribution in [0.5, 0.6) is 0 Å². The van der Waals surface area contributed by atoms with Crippen LogP contribution in [0.2, 0.25) is 0 Å². The van der Waals surface area contributed by atoms with Crippen LogP contribution in [-0.2, 0) is 21.8 Å². The Morgan fingerprint density at radius 3 is 2.23 bits per heavy atom. The van der Waals surface area contributed by atoms with Gasteiger partial charge in [-0.2, -0.15) is 4.31 Å². The van der Waals surface area contributed by atoms with Crippen LogP contribution >= 0.6 is 0 Å². The number of hydrogen-bond acceptors (Lipinski definition) is 4. The van der Waals surface area contributed by atoms with Gasteiger partial charge >= 0.3 is 0 Å². The van der Waals surface area contributed by atoms with Crippen LogP contribution in [0, 0.1) is 19.8 Å². The number of morpholine rings is 1. The summed E-state index contributed by atoms with van der Waals surface area (Å²) in [6.07, 6.45) is 1.76. The van der Waals surface area contributed by atoms with Crippen molar-refractivity contribution >= 4 is 15.9 Å². The fourth-order valence-electron chi connectivity index (χ4n) is 3.91. The molecule has 0 N–H and O–H groups in total. The number of ether oxygens (including phenoxy) is 1. The molecule has 8 heteroatoms. The first kappa shape index (κ1) is 19.4. The van der Waals surface area contributed by atoms with Crippen molar-refractivity contribution < 1.29 is 17.9 Å². The Bertz CT molecular complexity index is 786. The van der Waals surface area contributed by atoms with E-state index in [4.69, 9.17) is 4.74 Å². The largest absolute Gasteiger partial charge is 0.378 e. The fraction of sp³-hybridized carbons (Fsp3) is 0.722. The molecule has 1 amide bonds. The van der Waals surface area contributed by atoms with Crippen LogP contribution in [-0.4, -0.2) is 67.5 Å². The van der Waals surface area contributed by atoms with E-state index in [0.717, 1.165) is 12.8 Å². The van der Waals surface area contributed by atoms with Crippen molar-refractivity contribution in [2.75, 3.05) is 39.4 Å². The molecular weight excluding hydrogens is 354 g/mol. The highest BCUT2D eigenvalue weighted by molar-refractivity contribution is 7.89. The van der Waals surface area contributed by atoms with E-state index in [9.17, 15) is 13.2 Å². The Kier molecular flexibility index (Phi) is 5.46. The number of hydrogen-bond donors (Lipinski definition) is 0. The minimum atomic E-state index is -3.60. The minimum absolute atomic E-state index is 0.120. The molecule has 7 nitrogen and oxygen atoms in total. The highest BCUT2D eigenvalue weighted by Gasteiger charge is 2.35. The molecule has 0 aromatic carbocycles. The Morgan fingerprint density at radius 2 is 1.65 bits per heavy atom. The quantitative estimate of drug-likeness (QED) is 0.794. The summed E-state index contributed by atoms with van der Waals surface area (Å²) in [6.45, 7) is 8.89. The van der Waals surface area contributed by atoms with Crippen LogP contribution in [0.1, 0.15) is 41.5 Å². The Labute approximate surface area is 156 Å². The lowest BCUT2D eigenvalue weighted by Crippen LogP contribution is -2.41. The van der Waals surface area contributed by atoms with Gasteiger partial charge in [0.2, 0.25) is 10.0 Å². The highest BCUT2D eigenvalue weighted by Crippen LogP contribution is 2.31. The summed E-state index contributed by atoms with van der Waals surface area (Å²) in [7, 11) is -1.82. The predicted octanol–water partition coefficient (Wildman–Crippen LogP) is 1.53. The van der Waals surface area contributed by atoms with Crippen molar-refractivity contribution in [3.05, 3.63) is 17.0 Å². The van der Waals surface area contributed by atoms with Gasteiger partial charge in [0.15, 0.2) is 0 Å². The molecule has 2 aliphatic rings. The maximum Gasteiger partial charge on any atom is 0.270 e. The van der Waals surface area contributed by atoms with Crippen molar-refractivity contribution in [1.82, 2.24) is 13.8 Å². The minimum Gasteiger partial charge on any atom is -0.378 e. The smallest absolute Gasteiger partial charge is 0.270 e. The maximum atomic E-state index is 13.3. The fourth-order valence-corrected chi connectivity index (χ4v) is 5.85. The van der Waals surface area contributed by atoms with E-state index in [2.05, 4.69) is 6.92 Å². The second-order valence-electron chi connectivity index (χ2n) is 7.44. The first-order valence-electron chi connectivity index (χ1n) is 9.28. The number of nitrogens with zero attached hydrogens (tertiary/aromatic N) is 3. The second kappa shape index (κ2) is 7.32. The number of carbonyl (C=O) groups is 1. The number of carbonyl (C=O) groups excluding carboxylic acids is 1. The summed E-state index contributed by atoms with van der Waals surface area (Å²) in [5.41, 5.74) is 1.64. The lowest BCUT2D eigenvalue weighted by Gasteiger charge is -2.29. The third-order valence-corrected chi connectivity index (χ3v) is 7.87. The van der Waals surface area contributed by atoms with Crippen LogP contribution in [0.15, 0.2) is 4.90 Å². The Balaban J connectivity index is 1.97. The molecule has 3 rings (SSSR count). The van der Waals surface area contributed by atoms with E-state index in [-0.39, 0.29) is 5.91 Å². The van der Waals surface area contributed by atoms with Gasteiger partial charge in [-0.15, -0.1) is 0 Å². The molecule has 2 aliphatic heterocycles. The lowest BCUT2D eigenvalue weighted by molar-refractivity contribution is 0.0296. The normalized spacial score (nSPS) is 20.5. The Morgan fingerprint density at radius 1 is 1.08 bits per heavy atom. The molecule has 26 heavy (non-hydrogen) atoms. The SMILES string of the molecule is Cc1c(S(=O)(=O)N2CCC(C)CC2)c(C)n(C)c1C(=O)N1CCOCC1. The predicted molar refractivity (Wildman–Crippen MR) is 98.8 cm³/mol. The average Bonchev–Trinajstić information content (AvgIpc) is 2.85. The highest BCUT2D eigenvalue weighted by atomic mass is 32.2. The molecule has 3 heterocycles. The van der Waals surface area contributed by atoms with Gasteiger partial charge in [-0.3, -0.25) is 4.79 Å². The number of sulfonamides is 1. The summed E-state index contributed by atoms with van der Waals surface area (Å²) in [5.74, 6) is 0.433. The van der Waals surface area contributed by atoms with Gasteiger partial charge in [-0.25, -0.2) is 8.42 Å². The van der Waals surface area contributed by atoms with E-state index in [1.807, 2.05) is 0 Å². The molecule has 2 saturated heterocycles. The number of piperidine rings is 1. The van der Waals surface area contributed by atoms with E-state index in [1.165, 1.54) is 0 Å². The van der Waals surface area contributed by atoms with Crippen LogP contribution in [0.4, 0.5) is 0 Å². The lowest BCUT2D eigenvalue weighted by atomic mass is 10.0. The van der Waals surface area contributed by atoms with Crippen molar-refractivity contribution in [3.8, 4) is 0 Å². The molecule has 0 spiro atoms. The molecular formula is C18H29N3O4S. The van der Waals surface area contributed by atoms with Crippen LogP contribution in [0.3, 0.4) is 0 Å². The molecule has 1 aromatic heterocycles. The van der Waals surface area contributed by atoms with Crippen molar-refractivity contribution in [2.24, 2.45) is 13.0 Å². The molecule has 0 radical (unpaired) electrons. The van der Waals surface area contributed by atoms with E-state index in [1.54, 1.807) is 34.7 Å². The first-order chi connectivity index (χ1) is 12.2.